The van der Waals surface area contributed by atoms with Crippen molar-refractivity contribution in [2.24, 2.45) is 11.7 Å². The maximum atomic E-state index is 13.7. The molecule has 3 N–H and O–H groups in total. The van der Waals surface area contributed by atoms with Gasteiger partial charge in [-0.25, -0.2) is 4.39 Å². The number of benzene rings is 2. The van der Waals surface area contributed by atoms with Crippen molar-refractivity contribution in [3.05, 3.63) is 71.6 Å². The van der Waals surface area contributed by atoms with Crippen molar-refractivity contribution in [1.82, 2.24) is 4.90 Å². The Hall–Kier alpha value is -3.48. The summed E-state index contributed by atoms with van der Waals surface area (Å²) in [6.45, 7) is 0.865. The third kappa shape index (κ3) is 5.07. The van der Waals surface area contributed by atoms with Gasteiger partial charge in [0, 0.05) is 30.6 Å². The summed E-state index contributed by atoms with van der Waals surface area (Å²) in [4.78, 5) is 38.1. The van der Waals surface area contributed by atoms with Crippen molar-refractivity contribution >= 4 is 29.5 Å². The largest absolute Gasteiger partial charge is 0.369 e. The van der Waals surface area contributed by atoms with Crippen LogP contribution in [0.4, 0.5) is 10.1 Å². The molecule has 1 heterocycles. The number of nitrogens with two attached hydrogens (primary N) is 1. The molecule has 0 aliphatic carbocycles. The average Bonchev–Trinajstić information content (AvgIpc) is 2.73. The number of rotatable bonds is 5. The van der Waals surface area contributed by atoms with Gasteiger partial charge in [-0.15, -0.1) is 0 Å². The first-order chi connectivity index (χ1) is 14.0. The number of halogens is 1. The number of nitrogens with one attached hydrogen (secondary N) is 1. The topological polar surface area (TPSA) is 92.5 Å². The van der Waals surface area contributed by atoms with E-state index in [0.29, 0.717) is 42.7 Å². The molecular weight excluding hydrogens is 373 g/mol. The Morgan fingerprint density at radius 2 is 1.69 bits per heavy atom. The molecule has 150 valence electrons. The highest BCUT2D eigenvalue weighted by molar-refractivity contribution is 6.07. The molecule has 0 aromatic heterocycles. The number of hydrogen-bond donors (Lipinski definition) is 2. The molecule has 6 nitrogen and oxygen atoms in total. The average molecular weight is 395 g/mol. The molecule has 0 bridgehead atoms. The molecule has 1 aliphatic heterocycles. The Balaban J connectivity index is 1.69. The fourth-order valence-corrected chi connectivity index (χ4v) is 3.27. The SMILES string of the molecule is NC(=O)C1CCN(C(=O)c2ccccc2NC(=O)/C=C/c2ccccc2F)CC1. The standard InChI is InChI=1S/C22H22FN3O3/c23-18-7-3-1-5-15(18)9-10-20(27)25-19-8-4-2-6-17(19)22(29)26-13-11-16(12-14-26)21(24)28/h1-10,16H,11-14H2,(H2,24,28)(H,25,27)/b10-9+. The van der Waals surface area contributed by atoms with E-state index in [1.807, 2.05) is 0 Å². The summed E-state index contributed by atoms with van der Waals surface area (Å²) in [5.41, 5.74) is 6.37. The lowest BCUT2D eigenvalue weighted by molar-refractivity contribution is -0.123. The molecule has 0 unspecified atom stereocenters. The lowest BCUT2D eigenvalue weighted by Crippen LogP contribution is -2.42. The highest BCUT2D eigenvalue weighted by Crippen LogP contribution is 2.22. The molecule has 3 amide bonds. The smallest absolute Gasteiger partial charge is 0.255 e. The van der Waals surface area contributed by atoms with E-state index in [9.17, 15) is 18.8 Å². The van der Waals surface area contributed by atoms with Crippen LogP contribution in [0.1, 0.15) is 28.8 Å². The van der Waals surface area contributed by atoms with Crippen molar-refractivity contribution < 1.29 is 18.8 Å². The van der Waals surface area contributed by atoms with Crippen molar-refractivity contribution in [2.75, 3.05) is 18.4 Å². The van der Waals surface area contributed by atoms with Crippen LogP contribution >= 0.6 is 0 Å². The number of hydrogen-bond acceptors (Lipinski definition) is 3. The minimum absolute atomic E-state index is 0.211. The summed E-state index contributed by atoms with van der Waals surface area (Å²) in [6, 6.07) is 12.8. The van der Waals surface area contributed by atoms with Gasteiger partial charge < -0.3 is 16.0 Å². The number of primary amides is 1. The second kappa shape index (κ2) is 9.14. The van der Waals surface area contributed by atoms with Gasteiger partial charge in [0.25, 0.3) is 5.91 Å². The van der Waals surface area contributed by atoms with Gasteiger partial charge in [0.05, 0.1) is 11.3 Å². The maximum absolute atomic E-state index is 13.7. The van der Waals surface area contributed by atoms with Crippen LogP contribution in [0.5, 0.6) is 0 Å². The minimum Gasteiger partial charge on any atom is -0.369 e. The van der Waals surface area contributed by atoms with Crippen LogP contribution in [-0.2, 0) is 9.59 Å². The number of likely N-dealkylation sites (tertiary alicyclic amines) is 1. The molecule has 2 aromatic carbocycles. The Morgan fingerprint density at radius 1 is 1.03 bits per heavy atom. The molecule has 0 saturated carbocycles. The van der Waals surface area contributed by atoms with Gasteiger partial charge in [0.15, 0.2) is 0 Å². The number of para-hydroxylation sites is 1. The molecule has 3 rings (SSSR count). The predicted octanol–water partition coefficient (Wildman–Crippen LogP) is 2.82. The fourth-order valence-electron chi connectivity index (χ4n) is 3.27. The van der Waals surface area contributed by atoms with Crippen LogP contribution in [0.25, 0.3) is 6.08 Å². The van der Waals surface area contributed by atoms with Gasteiger partial charge in [-0.05, 0) is 37.1 Å². The highest BCUT2D eigenvalue weighted by atomic mass is 19.1. The second-order valence-electron chi connectivity index (χ2n) is 6.86. The van der Waals surface area contributed by atoms with Gasteiger partial charge in [-0.1, -0.05) is 30.3 Å². The summed E-state index contributed by atoms with van der Waals surface area (Å²) in [7, 11) is 0. The molecule has 2 aromatic rings. The van der Waals surface area contributed by atoms with Crippen molar-refractivity contribution in [3.8, 4) is 0 Å². The number of carbonyl (C=O) groups is 3. The number of amides is 3. The van der Waals surface area contributed by atoms with E-state index in [1.54, 1.807) is 47.4 Å². The minimum atomic E-state index is -0.471. The van der Waals surface area contributed by atoms with Gasteiger partial charge in [-0.2, -0.15) is 0 Å². The first kappa shape index (κ1) is 20.3. The third-order valence-electron chi connectivity index (χ3n) is 4.92. The molecule has 0 radical (unpaired) electrons. The zero-order valence-electron chi connectivity index (χ0n) is 15.8. The summed E-state index contributed by atoms with van der Waals surface area (Å²) < 4.78 is 13.7. The van der Waals surface area contributed by atoms with E-state index < -0.39 is 11.7 Å². The summed E-state index contributed by atoms with van der Waals surface area (Å²) >= 11 is 0. The van der Waals surface area contributed by atoms with E-state index in [0.717, 1.165) is 0 Å². The van der Waals surface area contributed by atoms with E-state index >= 15 is 0 Å². The van der Waals surface area contributed by atoms with Crippen LogP contribution in [0.2, 0.25) is 0 Å². The monoisotopic (exact) mass is 395 g/mol. The summed E-state index contributed by atoms with van der Waals surface area (Å²) in [6.07, 6.45) is 3.66. The number of nitrogens with zero attached hydrogens (tertiary/aromatic N) is 1. The molecule has 1 fully saturated rings. The Morgan fingerprint density at radius 3 is 2.38 bits per heavy atom. The molecule has 29 heavy (non-hydrogen) atoms. The molecule has 0 atom stereocenters. The zero-order chi connectivity index (χ0) is 20.8. The van der Waals surface area contributed by atoms with E-state index in [2.05, 4.69) is 5.32 Å². The molecule has 1 saturated heterocycles. The Bertz CT molecular complexity index is 950. The van der Waals surface area contributed by atoms with Crippen LogP contribution in [0, 0.1) is 11.7 Å². The van der Waals surface area contributed by atoms with Crippen molar-refractivity contribution in [1.29, 1.82) is 0 Å². The van der Waals surface area contributed by atoms with Crippen LogP contribution in [0.3, 0.4) is 0 Å². The molecular formula is C22H22FN3O3. The Labute approximate surface area is 168 Å². The third-order valence-corrected chi connectivity index (χ3v) is 4.92. The number of carbonyl (C=O) groups excluding carboxylic acids is 3. The summed E-state index contributed by atoms with van der Waals surface area (Å²) in [5.74, 6) is -1.67. The lowest BCUT2D eigenvalue weighted by Gasteiger charge is -2.31. The molecule has 1 aliphatic rings. The quantitative estimate of drug-likeness (QED) is 0.763. The zero-order valence-corrected chi connectivity index (χ0v) is 15.8. The normalized spacial score (nSPS) is 14.7. The second-order valence-corrected chi connectivity index (χ2v) is 6.86. The van der Waals surface area contributed by atoms with Crippen LogP contribution in [0.15, 0.2) is 54.6 Å². The van der Waals surface area contributed by atoms with E-state index in [1.165, 1.54) is 18.2 Å². The number of anilines is 1. The maximum Gasteiger partial charge on any atom is 0.255 e. The molecule has 7 heteroatoms. The van der Waals surface area contributed by atoms with Crippen LogP contribution < -0.4 is 11.1 Å². The van der Waals surface area contributed by atoms with Crippen LogP contribution in [-0.4, -0.2) is 35.7 Å². The van der Waals surface area contributed by atoms with E-state index in [4.69, 9.17) is 5.73 Å². The van der Waals surface area contributed by atoms with Gasteiger partial charge in [0.2, 0.25) is 11.8 Å². The molecule has 0 spiro atoms. The van der Waals surface area contributed by atoms with Gasteiger partial charge in [0.1, 0.15) is 5.82 Å². The highest BCUT2D eigenvalue weighted by Gasteiger charge is 2.27. The fraction of sp³-hybridized carbons (Fsp3) is 0.227. The Kier molecular flexibility index (Phi) is 6.39. The lowest BCUT2D eigenvalue weighted by atomic mass is 9.95. The van der Waals surface area contributed by atoms with Gasteiger partial charge >= 0.3 is 0 Å². The van der Waals surface area contributed by atoms with Crippen molar-refractivity contribution in [2.45, 2.75) is 12.8 Å². The van der Waals surface area contributed by atoms with Crippen molar-refractivity contribution in [3.63, 3.8) is 0 Å². The summed E-state index contributed by atoms with van der Waals surface area (Å²) in [5, 5.41) is 2.68. The predicted molar refractivity (Wildman–Crippen MR) is 108 cm³/mol. The number of piperidine rings is 1. The first-order valence-corrected chi connectivity index (χ1v) is 9.37. The van der Waals surface area contributed by atoms with E-state index in [-0.39, 0.29) is 17.7 Å². The first-order valence-electron chi connectivity index (χ1n) is 9.37. The van der Waals surface area contributed by atoms with Gasteiger partial charge in [-0.3, -0.25) is 14.4 Å².